The van der Waals surface area contributed by atoms with E-state index in [0.29, 0.717) is 24.9 Å². The number of rotatable bonds is 6. The lowest BCUT2D eigenvalue weighted by atomic mass is 10.1. The van der Waals surface area contributed by atoms with Gasteiger partial charge in [0.05, 0.1) is 0 Å². The van der Waals surface area contributed by atoms with Gasteiger partial charge in [-0.15, -0.1) is 11.3 Å². The van der Waals surface area contributed by atoms with Crippen LogP contribution in [0.5, 0.6) is 0 Å². The molecule has 0 saturated heterocycles. The van der Waals surface area contributed by atoms with Gasteiger partial charge in [0.25, 0.3) is 0 Å². The molecule has 1 aromatic carbocycles. The van der Waals surface area contributed by atoms with Crippen molar-refractivity contribution in [2.24, 2.45) is 0 Å². The zero-order valence-electron chi connectivity index (χ0n) is 14.0. The first-order valence-electron chi connectivity index (χ1n) is 8.11. The van der Waals surface area contributed by atoms with Crippen molar-refractivity contribution < 1.29 is 9.18 Å². The lowest BCUT2D eigenvalue weighted by Gasteiger charge is -2.07. The molecule has 0 aliphatic heterocycles. The van der Waals surface area contributed by atoms with Crippen LogP contribution in [-0.4, -0.2) is 10.9 Å². The van der Waals surface area contributed by atoms with Crippen LogP contribution in [-0.2, 0) is 17.8 Å². The highest BCUT2D eigenvalue weighted by Crippen LogP contribution is 2.24. The van der Waals surface area contributed by atoms with Crippen LogP contribution >= 0.6 is 11.3 Å². The molecule has 2 aromatic heterocycles. The minimum absolute atomic E-state index is 0.0245. The van der Waals surface area contributed by atoms with Gasteiger partial charge < -0.3 is 5.32 Å². The van der Waals surface area contributed by atoms with Crippen molar-refractivity contribution in [3.8, 4) is 10.4 Å². The predicted molar refractivity (Wildman–Crippen MR) is 98.9 cm³/mol. The number of nitrogens with one attached hydrogen (secondary N) is 1. The van der Waals surface area contributed by atoms with Crippen molar-refractivity contribution in [1.29, 1.82) is 0 Å². The second-order valence-electron chi connectivity index (χ2n) is 5.92. The molecule has 0 saturated carbocycles. The van der Waals surface area contributed by atoms with E-state index in [1.165, 1.54) is 6.07 Å². The zero-order chi connectivity index (χ0) is 17.6. The molecule has 0 aliphatic carbocycles. The highest BCUT2D eigenvalue weighted by Gasteiger charge is 2.06. The van der Waals surface area contributed by atoms with Crippen molar-refractivity contribution in [3.63, 3.8) is 0 Å². The van der Waals surface area contributed by atoms with Gasteiger partial charge in [0.15, 0.2) is 0 Å². The van der Waals surface area contributed by atoms with Crippen LogP contribution in [0.2, 0.25) is 0 Å². The molecule has 2 heterocycles. The van der Waals surface area contributed by atoms with E-state index in [2.05, 4.69) is 16.4 Å². The highest BCUT2D eigenvalue weighted by atomic mass is 32.1. The Bertz CT molecular complexity index is 862. The number of aromatic nitrogens is 1. The van der Waals surface area contributed by atoms with E-state index in [1.807, 2.05) is 23.7 Å². The summed E-state index contributed by atoms with van der Waals surface area (Å²) in [6.07, 6.45) is 4.57. The van der Waals surface area contributed by atoms with Crippen molar-refractivity contribution in [2.75, 3.05) is 0 Å². The number of aryl methyl sites for hydroxylation is 2. The molecule has 1 N–H and O–H groups in total. The maximum Gasteiger partial charge on any atom is 0.220 e. The van der Waals surface area contributed by atoms with Crippen molar-refractivity contribution >= 4 is 17.2 Å². The average molecular weight is 354 g/mol. The van der Waals surface area contributed by atoms with Gasteiger partial charge in [-0.25, -0.2) is 4.39 Å². The van der Waals surface area contributed by atoms with Gasteiger partial charge in [0, 0.05) is 35.8 Å². The van der Waals surface area contributed by atoms with Crippen LogP contribution in [0.15, 0.2) is 54.2 Å². The molecule has 1 amide bonds. The summed E-state index contributed by atoms with van der Waals surface area (Å²) in [7, 11) is 0. The topological polar surface area (TPSA) is 42.0 Å². The molecule has 0 bridgehead atoms. The van der Waals surface area contributed by atoms with Crippen LogP contribution in [0, 0.1) is 12.7 Å². The van der Waals surface area contributed by atoms with Gasteiger partial charge in [-0.3, -0.25) is 9.78 Å². The number of pyridine rings is 1. The minimum atomic E-state index is -0.216. The molecule has 0 radical (unpaired) electrons. The lowest BCUT2D eigenvalue weighted by molar-refractivity contribution is -0.121. The number of hydrogen-bond acceptors (Lipinski definition) is 3. The minimum Gasteiger partial charge on any atom is -0.352 e. The normalized spacial score (nSPS) is 10.6. The molecular weight excluding hydrogens is 335 g/mol. The zero-order valence-corrected chi connectivity index (χ0v) is 14.8. The van der Waals surface area contributed by atoms with Crippen molar-refractivity contribution in [1.82, 2.24) is 10.3 Å². The van der Waals surface area contributed by atoms with E-state index >= 15 is 0 Å². The third-order valence-corrected chi connectivity index (χ3v) is 4.87. The van der Waals surface area contributed by atoms with Crippen molar-refractivity contribution in [3.05, 3.63) is 76.7 Å². The Morgan fingerprint density at radius 1 is 1.20 bits per heavy atom. The number of nitrogens with zero attached hydrogens (tertiary/aromatic N) is 1. The van der Waals surface area contributed by atoms with E-state index in [-0.39, 0.29) is 11.7 Å². The molecule has 0 atom stereocenters. The summed E-state index contributed by atoms with van der Waals surface area (Å²) in [4.78, 5) is 17.5. The third-order valence-electron chi connectivity index (χ3n) is 3.95. The van der Waals surface area contributed by atoms with Crippen LogP contribution in [0.4, 0.5) is 4.39 Å². The second-order valence-corrected chi connectivity index (χ2v) is 6.87. The smallest absolute Gasteiger partial charge is 0.220 e. The van der Waals surface area contributed by atoms with Crippen LogP contribution < -0.4 is 5.32 Å². The number of thiophene rings is 1. The fourth-order valence-corrected chi connectivity index (χ4v) is 3.28. The lowest BCUT2D eigenvalue weighted by Crippen LogP contribution is -2.23. The van der Waals surface area contributed by atoms with Gasteiger partial charge in [0.2, 0.25) is 5.91 Å². The summed E-state index contributed by atoms with van der Waals surface area (Å²) in [6.45, 7) is 2.18. The molecule has 5 heteroatoms. The van der Waals surface area contributed by atoms with E-state index in [1.54, 1.807) is 36.6 Å². The van der Waals surface area contributed by atoms with E-state index < -0.39 is 0 Å². The molecule has 128 valence electrons. The molecule has 0 fully saturated rings. The third kappa shape index (κ3) is 4.73. The number of amides is 1. The van der Waals surface area contributed by atoms with Gasteiger partial charge in [0.1, 0.15) is 5.82 Å². The second kappa shape index (κ2) is 8.03. The molecule has 3 rings (SSSR count). The van der Waals surface area contributed by atoms with Gasteiger partial charge >= 0.3 is 0 Å². The van der Waals surface area contributed by atoms with Crippen LogP contribution in [0.25, 0.3) is 10.4 Å². The number of halogens is 1. The Hall–Kier alpha value is -2.53. The van der Waals surface area contributed by atoms with E-state index in [4.69, 9.17) is 0 Å². The SMILES string of the molecule is Cc1cc(CCC(=O)NCc2cncc(-c3cccs3)c2)ccc1F. The standard InChI is InChI=1S/C20H19FN2OS/c1-14-9-15(4-6-18(14)21)5-7-20(24)23-12-16-10-17(13-22-11-16)19-3-2-8-25-19/h2-4,6,8-11,13H,5,7,12H2,1H3,(H,23,24). The van der Waals surface area contributed by atoms with Crippen LogP contribution in [0.3, 0.4) is 0 Å². The van der Waals surface area contributed by atoms with Gasteiger partial charge in [-0.1, -0.05) is 18.2 Å². The van der Waals surface area contributed by atoms with Crippen LogP contribution in [0.1, 0.15) is 23.1 Å². The molecule has 0 unspecified atom stereocenters. The first kappa shape index (κ1) is 17.3. The highest BCUT2D eigenvalue weighted by molar-refractivity contribution is 7.13. The number of benzene rings is 1. The first-order valence-corrected chi connectivity index (χ1v) is 8.99. The molecule has 3 nitrogen and oxygen atoms in total. The first-order chi connectivity index (χ1) is 12.1. The van der Waals surface area contributed by atoms with Crippen molar-refractivity contribution in [2.45, 2.75) is 26.3 Å². The average Bonchev–Trinajstić information content (AvgIpc) is 3.16. The summed E-state index contributed by atoms with van der Waals surface area (Å²) >= 11 is 1.66. The van der Waals surface area contributed by atoms with E-state index in [0.717, 1.165) is 21.6 Å². The molecule has 0 spiro atoms. The fourth-order valence-electron chi connectivity index (χ4n) is 2.57. The largest absolute Gasteiger partial charge is 0.352 e. The Labute approximate surface area is 150 Å². The summed E-state index contributed by atoms with van der Waals surface area (Å²) in [5, 5.41) is 4.95. The number of carbonyl (C=O) groups is 1. The molecular formula is C20H19FN2OS. The van der Waals surface area contributed by atoms with E-state index in [9.17, 15) is 9.18 Å². The molecule has 3 aromatic rings. The molecule has 25 heavy (non-hydrogen) atoms. The summed E-state index contributed by atoms with van der Waals surface area (Å²) in [5.74, 6) is -0.241. The Kier molecular flexibility index (Phi) is 5.56. The number of carbonyl (C=O) groups excluding carboxylic acids is 1. The summed E-state index contributed by atoms with van der Waals surface area (Å²) in [6, 6.07) is 11.1. The predicted octanol–water partition coefficient (Wildman–Crippen LogP) is 4.51. The Balaban J connectivity index is 1.52. The van der Waals surface area contributed by atoms with Gasteiger partial charge in [-0.05, 0) is 53.6 Å². The summed E-state index contributed by atoms with van der Waals surface area (Å²) < 4.78 is 13.3. The maximum atomic E-state index is 13.3. The summed E-state index contributed by atoms with van der Waals surface area (Å²) in [5.41, 5.74) is 3.60. The Morgan fingerprint density at radius 3 is 2.84 bits per heavy atom. The van der Waals surface area contributed by atoms with Gasteiger partial charge in [-0.2, -0.15) is 0 Å². The fraction of sp³-hybridized carbons (Fsp3) is 0.200. The number of hydrogen-bond donors (Lipinski definition) is 1. The monoisotopic (exact) mass is 354 g/mol. The maximum absolute atomic E-state index is 13.3. The Morgan fingerprint density at radius 2 is 2.08 bits per heavy atom. The quantitative estimate of drug-likeness (QED) is 0.708. The molecule has 0 aliphatic rings.